The van der Waals surface area contributed by atoms with Crippen molar-refractivity contribution in [3.63, 3.8) is 0 Å². The first-order valence-electron chi connectivity index (χ1n) is 8.15. The molecule has 0 atom stereocenters. The quantitative estimate of drug-likeness (QED) is 0.468. The zero-order valence-corrected chi connectivity index (χ0v) is 15.3. The molecule has 5 nitrogen and oxygen atoms in total. The maximum atomic E-state index is 13.9. The van der Waals surface area contributed by atoms with E-state index in [9.17, 15) is 30.4 Å². The predicted octanol–water partition coefficient (Wildman–Crippen LogP) is 3.08. The monoisotopic (exact) mass is 422 g/mol. The van der Waals surface area contributed by atoms with Gasteiger partial charge >= 0.3 is 0 Å². The Balaban J connectivity index is 2.11. The average Bonchev–Trinajstić information content (AvgIpc) is 2.69. The number of rotatable bonds is 4. The number of nitrogens with zero attached hydrogens (tertiary/aromatic N) is 1. The second kappa shape index (κ2) is 7.64. The molecule has 0 unspecified atom stereocenters. The third-order valence-electron chi connectivity index (χ3n) is 4.17. The van der Waals surface area contributed by atoms with Crippen molar-refractivity contribution in [1.82, 2.24) is 9.62 Å². The number of nitrogens with one attached hydrogen (secondary N) is 1. The largest absolute Gasteiger partial charge is 0.450 e. The van der Waals surface area contributed by atoms with Gasteiger partial charge in [0, 0.05) is 26.2 Å². The molecule has 0 aliphatic carbocycles. The van der Waals surface area contributed by atoms with E-state index >= 15 is 0 Å². The SMILES string of the molecule is Cc1ccc(Oc2c(F)c(F)c(F)c(F)c2F)c(S(=O)(=O)N2CCNCC2)c1. The molecule has 1 fully saturated rings. The van der Waals surface area contributed by atoms with Crippen LogP contribution in [-0.2, 0) is 10.0 Å². The van der Waals surface area contributed by atoms with E-state index in [-0.39, 0.29) is 13.1 Å². The summed E-state index contributed by atoms with van der Waals surface area (Å²) in [6.07, 6.45) is 0. The van der Waals surface area contributed by atoms with Gasteiger partial charge in [-0.15, -0.1) is 0 Å². The molecular formula is C17H15F5N2O3S. The maximum Gasteiger partial charge on any atom is 0.246 e. The Hall–Kier alpha value is -2.24. The molecule has 28 heavy (non-hydrogen) atoms. The minimum atomic E-state index is -4.13. The fourth-order valence-corrected chi connectivity index (χ4v) is 4.35. The predicted molar refractivity (Wildman–Crippen MR) is 89.1 cm³/mol. The lowest BCUT2D eigenvalue weighted by molar-refractivity contribution is 0.327. The van der Waals surface area contributed by atoms with E-state index in [1.807, 2.05) is 0 Å². The van der Waals surface area contributed by atoms with Crippen LogP contribution in [0.15, 0.2) is 23.1 Å². The average molecular weight is 422 g/mol. The van der Waals surface area contributed by atoms with Gasteiger partial charge in [0.15, 0.2) is 0 Å². The number of benzene rings is 2. The van der Waals surface area contributed by atoms with Crippen molar-refractivity contribution in [2.45, 2.75) is 11.8 Å². The number of halogens is 5. The molecule has 0 spiro atoms. The van der Waals surface area contributed by atoms with Gasteiger partial charge in [0.05, 0.1) is 0 Å². The van der Waals surface area contributed by atoms with E-state index in [1.54, 1.807) is 6.92 Å². The molecule has 1 saturated heterocycles. The first kappa shape index (κ1) is 20.5. The minimum Gasteiger partial charge on any atom is -0.450 e. The van der Waals surface area contributed by atoms with Crippen molar-refractivity contribution >= 4 is 10.0 Å². The Morgan fingerprint density at radius 2 is 1.46 bits per heavy atom. The summed E-state index contributed by atoms with van der Waals surface area (Å²) in [5.74, 6) is -13.2. The van der Waals surface area contributed by atoms with Crippen LogP contribution < -0.4 is 10.1 Å². The lowest BCUT2D eigenvalue weighted by atomic mass is 10.2. The van der Waals surface area contributed by atoms with E-state index in [4.69, 9.17) is 4.74 Å². The molecule has 152 valence electrons. The number of ether oxygens (including phenoxy) is 1. The molecule has 0 aromatic heterocycles. The number of hydrogen-bond acceptors (Lipinski definition) is 4. The molecule has 0 radical (unpaired) electrons. The summed E-state index contributed by atoms with van der Waals surface area (Å²) in [4.78, 5) is -0.432. The van der Waals surface area contributed by atoms with Gasteiger partial charge in [-0.3, -0.25) is 0 Å². The van der Waals surface area contributed by atoms with Gasteiger partial charge in [0.2, 0.25) is 44.9 Å². The van der Waals surface area contributed by atoms with Crippen LogP contribution in [0.1, 0.15) is 5.56 Å². The summed E-state index contributed by atoms with van der Waals surface area (Å²) >= 11 is 0. The van der Waals surface area contributed by atoms with Gasteiger partial charge in [-0.1, -0.05) is 6.07 Å². The Bertz CT molecular complexity index is 995. The minimum absolute atomic E-state index is 0.151. The highest BCUT2D eigenvalue weighted by Gasteiger charge is 2.32. The zero-order chi connectivity index (χ0) is 20.6. The summed E-state index contributed by atoms with van der Waals surface area (Å²) < 4.78 is 99.8. The normalized spacial score (nSPS) is 15.6. The van der Waals surface area contributed by atoms with E-state index < -0.39 is 55.5 Å². The van der Waals surface area contributed by atoms with Gasteiger partial charge in [-0.25, -0.2) is 21.6 Å². The van der Waals surface area contributed by atoms with E-state index in [0.29, 0.717) is 18.7 Å². The first-order chi connectivity index (χ1) is 13.1. The number of hydrogen-bond donors (Lipinski definition) is 1. The summed E-state index contributed by atoms with van der Waals surface area (Å²) in [6.45, 7) is 2.69. The van der Waals surface area contributed by atoms with Gasteiger partial charge < -0.3 is 10.1 Å². The highest BCUT2D eigenvalue weighted by atomic mass is 32.2. The number of sulfonamides is 1. The van der Waals surface area contributed by atoms with Crippen LogP contribution in [0.25, 0.3) is 0 Å². The van der Waals surface area contributed by atoms with Crippen LogP contribution in [0.2, 0.25) is 0 Å². The summed E-state index contributed by atoms with van der Waals surface area (Å²) in [5.41, 5.74) is 0.499. The topological polar surface area (TPSA) is 58.6 Å². The van der Waals surface area contributed by atoms with E-state index in [1.165, 1.54) is 12.1 Å². The van der Waals surface area contributed by atoms with Crippen LogP contribution in [0.4, 0.5) is 22.0 Å². The van der Waals surface area contributed by atoms with Crippen molar-refractivity contribution in [1.29, 1.82) is 0 Å². The molecule has 0 amide bonds. The van der Waals surface area contributed by atoms with Crippen LogP contribution in [0.5, 0.6) is 11.5 Å². The number of aryl methyl sites for hydroxylation is 1. The van der Waals surface area contributed by atoms with Crippen LogP contribution in [0, 0.1) is 36.0 Å². The second-order valence-electron chi connectivity index (χ2n) is 6.11. The standard InChI is InChI=1S/C17H15F5N2O3S/c1-9-2-3-10(11(8-9)28(25,26)24-6-4-23-5-7-24)27-17-15(21)13(19)12(18)14(20)16(17)22/h2-3,8,23H,4-7H2,1H3. The Kier molecular flexibility index (Phi) is 5.60. The highest BCUT2D eigenvalue weighted by Crippen LogP contribution is 2.36. The van der Waals surface area contributed by atoms with Gasteiger partial charge in [0.25, 0.3) is 0 Å². The molecule has 11 heteroatoms. The first-order valence-corrected chi connectivity index (χ1v) is 9.59. The van der Waals surface area contributed by atoms with Crippen LogP contribution in [-0.4, -0.2) is 38.9 Å². The second-order valence-corrected chi connectivity index (χ2v) is 8.01. The van der Waals surface area contributed by atoms with Crippen molar-refractivity contribution in [2.75, 3.05) is 26.2 Å². The molecule has 2 aromatic rings. The van der Waals surface area contributed by atoms with Gasteiger partial charge in [-0.2, -0.15) is 13.1 Å². The Morgan fingerprint density at radius 1 is 0.929 bits per heavy atom. The van der Waals surface area contributed by atoms with Crippen molar-refractivity contribution in [3.05, 3.63) is 52.8 Å². The third-order valence-corrected chi connectivity index (χ3v) is 6.09. The highest BCUT2D eigenvalue weighted by molar-refractivity contribution is 7.89. The maximum absolute atomic E-state index is 13.9. The van der Waals surface area contributed by atoms with Crippen LogP contribution >= 0.6 is 0 Å². The molecule has 2 aromatic carbocycles. The molecule has 1 N–H and O–H groups in total. The number of piperazine rings is 1. The van der Waals surface area contributed by atoms with Crippen LogP contribution in [0.3, 0.4) is 0 Å². The smallest absolute Gasteiger partial charge is 0.246 e. The molecule has 1 aliphatic heterocycles. The lowest BCUT2D eigenvalue weighted by Gasteiger charge is -2.27. The van der Waals surface area contributed by atoms with Gasteiger partial charge in [-0.05, 0) is 24.6 Å². The molecule has 1 heterocycles. The van der Waals surface area contributed by atoms with Crippen molar-refractivity contribution < 1.29 is 35.1 Å². The fraction of sp³-hybridized carbons (Fsp3) is 0.294. The van der Waals surface area contributed by atoms with Gasteiger partial charge in [0.1, 0.15) is 10.6 Å². The third kappa shape index (κ3) is 3.56. The summed E-state index contributed by atoms with van der Waals surface area (Å²) in [6, 6.07) is 3.69. The van der Waals surface area contributed by atoms with Crippen molar-refractivity contribution in [3.8, 4) is 11.5 Å². The molecule has 1 aliphatic rings. The molecule has 3 rings (SSSR count). The molecule has 0 bridgehead atoms. The summed E-state index contributed by atoms with van der Waals surface area (Å²) in [7, 11) is -4.13. The molecular weight excluding hydrogens is 407 g/mol. The zero-order valence-electron chi connectivity index (χ0n) is 14.5. The lowest BCUT2D eigenvalue weighted by Crippen LogP contribution is -2.46. The molecule has 0 saturated carbocycles. The Labute approximate surface area is 157 Å². The Morgan fingerprint density at radius 3 is 2.04 bits per heavy atom. The van der Waals surface area contributed by atoms with E-state index in [0.717, 1.165) is 10.4 Å². The van der Waals surface area contributed by atoms with E-state index in [2.05, 4.69) is 5.32 Å². The summed E-state index contributed by atoms with van der Waals surface area (Å²) in [5, 5.41) is 2.98. The van der Waals surface area contributed by atoms with Crippen molar-refractivity contribution in [2.24, 2.45) is 0 Å². The fourth-order valence-electron chi connectivity index (χ4n) is 2.71.